The normalized spacial score (nSPS) is 26.9. The highest BCUT2D eigenvalue weighted by Crippen LogP contribution is 2.25. The van der Waals surface area contributed by atoms with Crippen LogP contribution in [0, 0.1) is 0 Å². The molecule has 0 aliphatic heterocycles. The number of phenols is 1. The third-order valence-electron chi connectivity index (χ3n) is 4.18. The Morgan fingerprint density at radius 3 is 2.67 bits per heavy atom. The van der Waals surface area contributed by atoms with E-state index in [1.165, 1.54) is 0 Å². The van der Waals surface area contributed by atoms with Gasteiger partial charge in [-0.1, -0.05) is 18.2 Å². The van der Waals surface area contributed by atoms with E-state index < -0.39 is 30.5 Å². The number of primary amides is 1. The molecule has 134 valence electrons. The minimum Gasteiger partial charge on any atom is -0.508 e. The molecular formula is C17H25NO6. The van der Waals surface area contributed by atoms with Gasteiger partial charge in [-0.05, 0) is 30.9 Å². The molecular weight excluding hydrogens is 314 g/mol. The van der Waals surface area contributed by atoms with Crippen LogP contribution in [0.15, 0.2) is 24.3 Å². The molecule has 2 rings (SSSR count). The molecule has 1 aromatic carbocycles. The molecule has 1 aliphatic rings. The van der Waals surface area contributed by atoms with E-state index in [1.807, 2.05) is 12.1 Å². The zero-order valence-electron chi connectivity index (χ0n) is 13.5. The third-order valence-corrected chi connectivity index (χ3v) is 4.18. The zero-order chi connectivity index (χ0) is 17.5. The number of aromatic hydroxyl groups is 1. The van der Waals surface area contributed by atoms with Gasteiger partial charge in [0.25, 0.3) is 0 Å². The smallest absolute Gasteiger partial charge is 0.404 e. The SMILES string of the molecule is NC(=O)O[C@@H]1[C@H](O)C[C@@H](O)C[C@H]1OCCCCc1ccccc1O. The number of aliphatic hydroxyl groups excluding tert-OH is 2. The Balaban J connectivity index is 1.76. The van der Waals surface area contributed by atoms with Crippen LogP contribution < -0.4 is 5.73 Å². The Morgan fingerprint density at radius 2 is 1.96 bits per heavy atom. The van der Waals surface area contributed by atoms with Gasteiger partial charge >= 0.3 is 6.09 Å². The maximum Gasteiger partial charge on any atom is 0.404 e. The first-order valence-electron chi connectivity index (χ1n) is 8.18. The second kappa shape index (κ2) is 8.86. The lowest BCUT2D eigenvalue weighted by molar-refractivity contribution is -0.140. The molecule has 4 atom stereocenters. The number of rotatable bonds is 7. The van der Waals surface area contributed by atoms with Gasteiger partial charge in [0.1, 0.15) is 5.75 Å². The first-order valence-corrected chi connectivity index (χ1v) is 8.18. The van der Waals surface area contributed by atoms with Gasteiger partial charge in [0.2, 0.25) is 0 Å². The fraction of sp³-hybridized carbons (Fsp3) is 0.588. The number of nitrogens with two attached hydrogens (primary N) is 1. The summed E-state index contributed by atoms with van der Waals surface area (Å²) in [5.41, 5.74) is 5.91. The van der Waals surface area contributed by atoms with Crippen LogP contribution in [0.4, 0.5) is 4.79 Å². The fourth-order valence-electron chi connectivity index (χ4n) is 2.99. The molecule has 5 N–H and O–H groups in total. The van der Waals surface area contributed by atoms with E-state index in [-0.39, 0.29) is 18.6 Å². The first kappa shape index (κ1) is 18.5. The van der Waals surface area contributed by atoms with Crippen LogP contribution in [0.5, 0.6) is 5.75 Å². The highest BCUT2D eigenvalue weighted by atomic mass is 16.6. The number of carbonyl (C=O) groups is 1. The summed E-state index contributed by atoms with van der Waals surface area (Å²) in [6.07, 6.45) is -1.40. The number of para-hydroxylation sites is 1. The number of benzene rings is 1. The van der Waals surface area contributed by atoms with Crippen LogP contribution in [-0.4, -0.2) is 52.4 Å². The molecule has 0 heterocycles. The molecule has 7 heteroatoms. The molecule has 1 aromatic rings. The molecule has 0 radical (unpaired) electrons. The Hall–Kier alpha value is -1.83. The van der Waals surface area contributed by atoms with Gasteiger partial charge < -0.3 is 30.5 Å². The average Bonchev–Trinajstić information content (AvgIpc) is 2.51. The monoisotopic (exact) mass is 339 g/mol. The van der Waals surface area contributed by atoms with Gasteiger partial charge in [0, 0.05) is 19.4 Å². The van der Waals surface area contributed by atoms with Crippen molar-refractivity contribution in [2.24, 2.45) is 5.73 Å². The minimum atomic E-state index is -0.993. The van der Waals surface area contributed by atoms with Crippen molar-refractivity contribution in [1.29, 1.82) is 0 Å². The molecule has 1 aliphatic carbocycles. The zero-order valence-corrected chi connectivity index (χ0v) is 13.5. The van der Waals surface area contributed by atoms with Crippen molar-refractivity contribution in [1.82, 2.24) is 0 Å². The Bertz CT molecular complexity index is 538. The van der Waals surface area contributed by atoms with Crippen LogP contribution >= 0.6 is 0 Å². The summed E-state index contributed by atoms with van der Waals surface area (Å²) in [4.78, 5) is 11.0. The summed E-state index contributed by atoms with van der Waals surface area (Å²) in [5, 5.41) is 29.4. The van der Waals surface area contributed by atoms with Crippen LogP contribution in [0.2, 0.25) is 0 Å². The van der Waals surface area contributed by atoms with Crippen molar-refractivity contribution < 1.29 is 29.6 Å². The van der Waals surface area contributed by atoms with Crippen molar-refractivity contribution in [3.8, 4) is 5.75 Å². The molecule has 7 nitrogen and oxygen atoms in total. The number of carbonyl (C=O) groups excluding carboxylic acids is 1. The largest absolute Gasteiger partial charge is 0.508 e. The van der Waals surface area contributed by atoms with Gasteiger partial charge in [-0.3, -0.25) is 0 Å². The number of unbranched alkanes of at least 4 members (excludes halogenated alkanes) is 1. The summed E-state index contributed by atoms with van der Waals surface area (Å²) >= 11 is 0. The van der Waals surface area contributed by atoms with Crippen molar-refractivity contribution in [2.75, 3.05) is 6.61 Å². The summed E-state index contributed by atoms with van der Waals surface area (Å²) < 4.78 is 10.6. The van der Waals surface area contributed by atoms with E-state index in [2.05, 4.69) is 0 Å². The Kier molecular flexibility index (Phi) is 6.84. The number of aryl methyl sites for hydroxylation is 1. The molecule has 0 aromatic heterocycles. The number of hydrogen-bond donors (Lipinski definition) is 4. The molecule has 1 amide bonds. The van der Waals surface area contributed by atoms with E-state index in [0.717, 1.165) is 24.8 Å². The van der Waals surface area contributed by atoms with Crippen LogP contribution in [-0.2, 0) is 15.9 Å². The number of amides is 1. The van der Waals surface area contributed by atoms with E-state index in [0.29, 0.717) is 6.61 Å². The predicted molar refractivity (Wildman–Crippen MR) is 86.5 cm³/mol. The van der Waals surface area contributed by atoms with E-state index in [4.69, 9.17) is 15.2 Å². The molecule has 0 bridgehead atoms. The Labute approximate surface area is 141 Å². The number of hydrogen-bond acceptors (Lipinski definition) is 6. The number of phenolic OH excluding ortho intramolecular Hbond substituents is 1. The second-order valence-electron chi connectivity index (χ2n) is 6.09. The van der Waals surface area contributed by atoms with Gasteiger partial charge in [0.05, 0.1) is 18.3 Å². The Morgan fingerprint density at radius 1 is 1.21 bits per heavy atom. The highest BCUT2D eigenvalue weighted by molar-refractivity contribution is 5.65. The predicted octanol–water partition coefficient (Wildman–Crippen LogP) is 1.08. The lowest BCUT2D eigenvalue weighted by Crippen LogP contribution is -2.50. The molecule has 1 saturated carbocycles. The summed E-state index contributed by atoms with van der Waals surface area (Å²) in [5.74, 6) is 0.284. The van der Waals surface area contributed by atoms with E-state index in [9.17, 15) is 20.1 Å². The summed E-state index contributed by atoms with van der Waals surface area (Å²) in [7, 11) is 0. The van der Waals surface area contributed by atoms with Gasteiger partial charge in [0.15, 0.2) is 6.10 Å². The maximum absolute atomic E-state index is 11.0. The quantitative estimate of drug-likeness (QED) is 0.551. The van der Waals surface area contributed by atoms with Gasteiger partial charge in [-0.25, -0.2) is 4.79 Å². The minimum absolute atomic E-state index is 0.130. The van der Waals surface area contributed by atoms with Gasteiger partial charge in [-0.2, -0.15) is 0 Å². The lowest BCUT2D eigenvalue weighted by atomic mass is 9.89. The fourth-order valence-corrected chi connectivity index (χ4v) is 2.99. The van der Waals surface area contributed by atoms with Crippen molar-refractivity contribution in [3.63, 3.8) is 0 Å². The average molecular weight is 339 g/mol. The molecule has 0 unspecified atom stereocenters. The van der Waals surface area contributed by atoms with Crippen LogP contribution in [0.3, 0.4) is 0 Å². The third kappa shape index (κ3) is 5.36. The van der Waals surface area contributed by atoms with Gasteiger partial charge in [-0.15, -0.1) is 0 Å². The van der Waals surface area contributed by atoms with Crippen LogP contribution in [0.25, 0.3) is 0 Å². The van der Waals surface area contributed by atoms with Crippen molar-refractivity contribution in [2.45, 2.75) is 56.5 Å². The molecule has 0 spiro atoms. The highest BCUT2D eigenvalue weighted by Gasteiger charge is 2.39. The summed E-state index contributed by atoms with van der Waals surface area (Å²) in [6, 6.07) is 7.19. The van der Waals surface area contributed by atoms with Crippen molar-refractivity contribution in [3.05, 3.63) is 29.8 Å². The molecule has 24 heavy (non-hydrogen) atoms. The molecule has 0 saturated heterocycles. The first-order chi connectivity index (χ1) is 11.5. The second-order valence-corrected chi connectivity index (χ2v) is 6.09. The van der Waals surface area contributed by atoms with E-state index in [1.54, 1.807) is 12.1 Å². The number of ether oxygens (including phenoxy) is 2. The number of aliphatic hydroxyl groups is 2. The van der Waals surface area contributed by atoms with E-state index >= 15 is 0 Å². The maximum atomic E-state index is 11.0. The summed E-state index contributed by atoms with van der Waals surface area (Å²) in [6.45, 7) is 0.399. The molecule has 1 fully saturated rings. The van der Waals surface area contributed by atoms with Crippen molar-refractivity contribution >= 4 is 6.09 Å². The standard InChI is InChI=1S/C17H25NO6/c18-17(22)24-16-14(21)9-12(19)10-15(16)23-8-4-3-6-11-5-1-2-7-13(11)20/h1-2,5,7,12,14-16,19-21H,3-4,6,8-10H2,(H2,18,22)/t12-,14-,15-,16-/m1/s1. The topological polar surface area (TPSA) is 122 Å². The van der Waals surface area contributed by atoms with Crippen LogP contribution in [0.1, 0.15) is 31.2 Å². The lowest BCUT2D eigenvalue weighted by Gasteiger charge is -2.36.